The third kappa shape index (κ3) is 2.65. The number of anilines is 1. The van der Waals surface area contributed by atoms with Crippen molar-refractivity contribution >= 4 is 5.82 Å². The summed E-state index contributed by atoms with van der Waals surface area (Å²) in [4.78, 5) is 4.22. The predicted molar refractivity (Wildman–Crippen MR) is 73.3 cm³/mol. The molecule has 1 saturated carbocycles. The van der Waals surface area contributed by atoms with Crippen LogP contribution in [-0.4, -0.2) is 24.7 Å². The summed E-state index contributed by atoms with van der Waals surface area (Å²) in [6.45, 7) is 5.08. The van der Waals surface area contributed by atoms with Gasteiger partial charge in [-0.25, -0.2) is 4.98 Å². The number of nitrogens with two attached hydrogens (primary N) is 1. The molecule has 18 heavy (non-hydrogen) atoms. The molecular weight excluding hydrogens is 226 g/mol. The number of ether oxygens (including phenoxy) is 1. The minimum absolute atomic E-state index is 0.140. The molecule has 2 atom stereocenters. The Morgan fingerprint density at radius 2 is 2.28 bits per heavy atom. The second-order valence-corrected chi connectivity index (χ2v) is 5.00. The van der Waals surface area contributed by atoms with E-state index in [1.54, 1.807) is 13.3 Å². The number of rotatable bonds is 6. The van der Waals surface area contributed by atoms with Gasteiger partial charge in [-0.05, 0) is 43.9 Å². The lowest BCUT2D eigenvalue weighted by atomic mass is 9.95. The Kier molecular flexibility index (Phi) is 4.19. The van der Waals surface area contributed by atoms with Gasteiger partial charge in [0.05, 0.1) is 12.1 Å². The summed E-state index contributed by atoms with van der Waals surface area (Å²) in [6, 6.07) is 2.15. The maximum atomic E-state index is 6.06. The Labute approximate surface area is 109 Å². The van der Waals surface area contributed by atoms with Gasteiger partial charge in [0, 0.05) is 18.9 Å². The van der Waals surface area contributed by atoms with Crippen molar-refractivity contribution in [2.75, 3.05) is 19.4 Å². The number of aryl methyl sites for hydroxylation is 1. The smallest absolute Gasteiger partial charge is 0.128 e. The predicted octanol–water partition coefficient (Wildman–Crippen LogP) is 2.05. The molecule has 1 aromatic rings. The lowest BCUT2D eigenvalue weighted by molar-refractivity contribution is 0.0511. The fourth-order valence-electron chi connectivity index (χ4n) is 2.62. The first-order chi connectivity index (χ1) is 8.69. The zero-order chi connectivity index (χ0) is 13.1. The van der Waals surface area contributed by atoms with Gasteiger partial charge < -0.3 is 15.8 Å². The highest BCUT2D eigenvalue weighted by atomic mass is 16.5. The Bertz CT molecular complexity index is 384. The maximum absolute atomic E-state index is 6.06. The van der Waals surface area contributed by atoms with E-state index in [0.29, 0.717) is 11.7 Å². The molecule has 1 aliphatic rings. The average molecular weight is 249 g/mol. The van der Waals surface area contributed by atoms with Crippen molar-refractivity contribution in [1.82, 2.24) is 10.3 Å². The van der Waals surface area contributed by atoms with Crippen LogP contribution in [0.3, 0.4) is 0 Å². The zero-order valence-electron chi connectivity index (χ0n) is 11.4. The third-order valence-corrected chi connectivity index (χ3v) is 3.66. The van der Waals surface area contributed by atoms with Gasteiger partial charge in [-0.3, -0.25) is 0 Å². The Balaban J connectivity index is 2.33. The van der Waals surface area contributed by atoms with Gasteiger partial charge in [-0.15, -0.1) is 0 Å². The number of nitrogens with zero attached hydrogens (tertiary/aromatic N) is 1. The molecule has 0 radical (unpaired) electrons. The van der Waals surface area contributed by atoms with E-state index in [4.69, 9.17) is 10.5 Å². The topological polar surface area (TPSA) is 60.2 Å². The molecule has 0 bridgehead atoms. The molecule has 1 fully saturated rings. The van der Waals surface area contributed by atoms with E-state index in [9.17, 15) is 0 Å². The van der Waals surface area contributed by atoms with E-state index in [0.717, 1.165) is 12.1 Å². The standard InChI is InChI=1S/C14H23N3O/c1-4-16-12(13(18-3)10-5-6-10)11-9(2)7-8-17-14(11)15/h7-8,10,12-13,16H,4-6H2,1-3H3,(H2,15,17). The van der Waals surface area contributed by atoms with Gasteiger partial charge in [0.15, 0.2) is 0 Å². The quantitative estimate of drug-likeness (QED) is 0.810. The van der Waals surface area contributed by atoms with E-state index >= 15 is 0 Å². The van der Waals surface area contributed by atoms with Crippen molar-refractivity contribution in [2.24, 2.45) is 5.92 Å². The van der Waals surface area contributed by atoms with Gasteiger partial charge in [0.2, 0.25) is 0 Å². The Morgan fingerprint density at radius 3 is 2.78 bits per heavy atom. The first kappa shape index (κ1) is 13.3. The number of nitrogens with one attached hydrogen (secondary N) is 1. The summed E-state index contributed by atoms with van der Waals surface area (Å²) < 4.78 is 5.71. The van der Waals surface area contributed by atoms with Crippen molar-refractivity contribution in [2.45, 2.75) is 38.8 Å². The van der Waals surface area contributed by atoms with Crippen molar-refractivity contribution in [3.63, 3.8) is 0 Å². The van der Waals surface area contributed by atoms with Crippen LogP contribution in [-0.2, 0) is 4.74 Å². The largest absolute Gasteiger partial charge is 0.383 e. The summed E-state index contributed by atoms with van der Waals surface area (Å²) in [5.74, 6) is 1.27. The second kappa shape index (κ2) is 5.67. The van der Waals surface area contributed by atoms with Gasteiger partial charge >= 0.3 is 0 Å². The number of nitrogen functional groups attached to an aromatic ring is 1. The summed E-state index contributed by atoms with van der Waals surface area (Å²) in [6.07, 6.45) is 4.45. The van der Waals surface area contributed by atoms with Crippen LogP contribution in [0.2, 0.25) is 0 Å². The number of likely N-dealkylation sites (N-methyl/N-ethyl adjacent to an activating group) is 1. The summed E-state index contributed by atoms with van der Waals surface area (Å²) in [7, 11) is 1.79. The number of hydrogen-bond donors (Lipinski definition) is 2. The molecule has 0 spiro atoms. The number of hydrogen-bond acceptors (Lipinski definition) is 4. The molecule has 1 aliphatic carbocycles. The van der Waals surface area contributed by atoms with Gasteiger partial charge in [0.1, 0.15) is 5.82 Å². The summed E-state index contributed by atoms with van der Waals surface area (Å²) in [5.41, 5.74) is 8.33. The third-order valence-electron chi connectivity index (χ3n) is 3.66. The maximum Gasteiger partial charge on any atom is 0.128 e. The molecule has 4 heteroatoms. The van der Waals surface area contributed by atoms with E-state index in [-0.39, 0.29) is 12.1 Å². The fourth-order valence-corrected chi connectivity index (χ4v) is 2.62. The van der Waals surface area contributed by atoms with E-state index < -0.39 is 0 Å². The van der Waals surface area contributed by atoms with Crippen molar-refractivity contribution in [1.29, 1.82) is 0 Å². The minimum atomic E-state index is 0.140. The highest BCUT2D eigenvalue weighted by Crippen LogP contribution is 2.41. The van der Waals surface area contributed by atoms with Crippen LogP contribution in [0.25, 0.3) is 0 Å². The number of methoxy groups -OCH3 is 1. The van der Waals surface area contributed by atoms with Crippen molar-refractivity contribution < 1.29 is 4.74 Å². The van der Waals surface area contributed by atoms with Crippen molar-refractivity contribution in [3.8, 4) is 0 Å². The van der Waals surface area contributed by atoms with Crippen LogP contribution < -0.4 is 11.1 Å². The Morgan fingerprint density at radius 1 is 1.56 bits per heavy atom. The molecule has 0 saturated heterocycles. The lowest BCUT2D eigenvalue weighted by Crippen LogP contribution is -2.36. The summed E-state index contributed by atoms with van der Waals surface area (Å²) >= 11 is 0. The SMILES string of the molecule is CCNC(c1c(C)ccnc1N)C(OC)C1CC1. The first-order valence-corrected chi connectivity index (χ1v) is 6.66. The van der Waals surface area contributed by atoms with Crippen LogP contribution in [0.5, 0.6) is 0 Å². The molecule has 0 amide bonds. The van der Waals surface area contributed by atoms with Gasteiger partial charge in [0.25, 0.3) is 0 Å². The highest BCUT2D eigenvalue weighted by Gasteiger charge is 2.38. The van der Waals surface area contributed by atoms with Crippen LogP contribution in [0.4, 0.5) is 5.82 Å². The first-order valence-electron chi connectivity index (χ1n) is 6.66. The Hall–Kier alpha value is -1.13. The highest BCUT2D eigenvalue weighted by molar-refractivity contribution is 5.46. The van der Waals surface area contributed by atoms with Crippen LogP contribution in [0.1, 0.15) is 36.9 Å². The molecule has 100 valence electrons. The zero-order valence-corrected chi connectivity index (χ0v) is 11.4. The summed E-state index contributed by atoms with van der Waals surface area (Å²) in [5, 5.41) is 3.51. The van der Waals surface area contributed by atoms with E-state index in [1.165, 1.54) is 18.4 Å². The molecule has 1 heterocycles. The molecule has 2 unspecified atom stereocenters. The van der Waals surface area contributed by atoms with Crippen LogP contribution in [0, 0.1) is 12.8 Å². The fraction of sp³-hybridized carbons (Fsp3) is 0.643. The molecule has 0 aliphatic heterocycles. The van der Waals surface area contributed by atoms with E-state index in [2.05, 4.69) is 24.1 Å². The normalized spacial score (nSPS) is 18.6. The molecule has 4 nitrogen and oxygen atoms in total. The monoisotopic (exact) mass is 249 g/mol. The molecule has 3 N–H and O–H groups in total. The van der Waals surface area contributed by atoms with Gasteiger partial charge in [-0.2, -0.15) is 0 Å². The molecular formula is C14H23N3O. The molecule has 2 rings (SSSR count). The van der Waals surface area contributed by atoms with Crippen LogP contribution >= 0.6 is 0 Å². The van der Waals surface area contributed by atoms with Crippen molar-refractivity contribution in [3.05, 3.63) is 23.4 Å². The molecule has 1 aromatic heterocycles. The lowest BCUT2D eigenvalue weighted by Gasteiger charge is -2.29. The average Bonchev–Trinajstić information content (AvgIpc) is 3.14. The molecule has 0 aromatic carbocycles. The second-order valence-electron chi connectivity index (χ2n) is 5.00. The van der Waals surface area contributed by atoms with Gasteiger partial charge in [-0.1, -0.05) is 6.92 Å². The number of aromatic nitrogens is 1. The number of pyridine rings is 1. The van der Waals surface area contributed by atoms with E-state index in [1.807, 2.05) is 6.07 Å². The van der Waals surface area contributed by atoms with Crippen LogP contribution in [0.15, 0.2) is 12.3 Å². The minimum Gasteiger partial charge on any atom is -0.383 e.